The molecule has 4 nitrogen and oxygen atoms in total. The van der Waals surface area contributed by atoms with Gasteiger partial charge in [-0.25, -0.2) is 4.98 Å². The van der Waals surface area contributed by atoms with Crippen molar-refractivity contribution in [1.82, 2.24) is 14.9 Å². The highest BCUT2D eigenvalue weighted by Crippen LogP contribution is 2.17. The van der Waals surface area contributed by atoms with Gasteiger partial charge in [0.05, 0.1) is 11.0 Å². The van der Waals surface area contributed by atoms with Crippen LogP contribution < -0.4 is 5.32 Å². The van der Waals surface area contributed by atoms with E-state index in [1.165, 1.54) is 0 Å². The monoisotopic (exact) mass is 273 g/mol. The highest BCUT2D eigenvalue weighted by atomic mass is 16.1. The number of aryl methyl sites for hydroxylation is 2. The van der Waals surface area contributed by atoms with Gasteiger partial charge in [0.2, 0.25) is 5.91 Å². The van der Waals surface area contributed by atoms with Gasteiger partial charge in [0.25, 0.3) is 0 Å². The SMILES string of the molecule is CCCc1nc2ccccc2n1CCC(=O)NC(C)C. The number of nitrogens with one attached hydrogen (secondary N) is 1. The molecule has 2 rings (SSSR count). The molecule has 108 valence electrons. The first kappa shape index (κ1) is 14.6. The molecule has 1 heterocycles. The smallest absolute Gasteiger partial charge is 0.221 e. The number of fused-ring (bicyclic) bond motifs is 1. The van der Waals surface area contributed by atoms with Gasteiger partial charge in [-0.05, 0) is 32.4 Å². The summed E-state index contributed by atoms with van der Waals surface area (Å²) >= 11 is 0. The van der Waals surface area contributed by atoms with Crippen LogP contribution >= 0.6 is 0 Å². The first-order valence-electron chi connectivity index (χ1n) is 7.35. The third kappa shape index (κ3) is 3.38. The van der Waals surface area contributed by atoms with Crippen LogP contribution in [0.5, 0.6) is 0 Å². The van der Waals surface area contributed by atoms with Crippen LogP contribution in [0, 0.1) is 0 Å². The number of amides is 1. The van der Waals surface area contributed by atoms with Gasteiger partial charge in [0.15, 0.2) is 0 Å². The van der Waals surface area contributed by atoms with Gasteiger partial charge >= 0.3 is 0 Å². The van der Waals surface area contributed by atoms with Crippen molar-refractivity contribution >= 4 is 16.9 Å². The molecule has 1 amide bonds. The Morgan fingerprint density at radius 2 is 2.10 bits per heavy atom. The molecule has 0 radical (unpaired) electrons. The number of nitrogens with zero attached hydrogens (tertiary/aromatic N) is 2. The Kier molecular flexibility index (Phi) is 4.77. The number of benzene rings is 1. The zero-order chi connectivity index (χ0) is 14.5. The van der Waals surface area contributed by atoms with E-state index in [2.05, 4.69) is 27.9 Å². The van der Waals surface area contributed by atoms with Crippen molar-refractivity contribution in [3.63, 3.8) is 0 Å². The number of hydrogen-bond acceptors (Lipinski definition) is 2. The van der Waals surface area contributed by atoms with Gasteiger partial charge in [0.1, 0.15) is 5.82 Å². The van der Waals surface area contributed by atoms with Crippen LogP contribution in [0.15, 0.2) is 24.3 Å². The molecule has 0 fully saturated rings. The first-order chi connectivity index (χ1) is 9.61. The van der Waals surface area contributed by atoms with E-state index >= 15 is 0 Å². The fraction of sp³-hybridized carbons (Fsp3) is 0.500. The second kappa shape index (κ2) is 6.55. The average Bonchev–Trinajstić information content (AvgIpc) is 2.73. The minimum Gasteiger partial charge on any atom is -0.354 e. The van der Waals surface area contributed by atoms with Gasteiger partial charge in [0, 0.05) is 25.4 Å². The van der Waals surface area contributed by atoms with E-state index in [4.69, 9.17) is 0 Å². The Morgan fingerprint density at radius 3 is 2.80 bits per heavy atom. The number of carbonyl (C=O) groups is 1. The molecule has 0 aliphatic heterocycles. The number of hydrogen-bond donors (Lipinski definition) is 1. The summed E-state index contributed by atoms with van der Waals surface area (Å²) in [5.41, 5.74) is 2.13. The maximum Gasteiger partial charge on any atom is 0.221 e. The Labute approximate surface area is 120 Å². The standard InChI is InChI=1S/C16H23N3O/c1-4-7-15-18-13-8-5-6-9-14(13)19(15)11-10-16(20)17-12(2)3/h5-6,8-9,12H,4,7,10-11H2,1-3H3,(H,17,20). The van der Waals surface area contributed by atoms with Crippen molar-refractivity contribution in [3.8, 4) is 0 Å². The Bertz CT molecular complexity index is 586. The van der Waals surface area contributed by atoms with E-state index in [-0.39, 0.29) is 11.9 Å². The summed E-state index contributed by atoms with van der Waals surface area (Å²) in [7, 11) is 0. The first-order valence-corrected chi connectivity index (χ1v) is 7.35. The van der Waals surface area contributed by atoms with Crippen molar-refractivity contribution in [3.05, 3.63) is 30.1 Å². The van der Waals surface area contributed by atoms with Crippen LogP contribution in [0.3, 0.4) is 0 Å². The molecule has 0 atom stereocenters. The number of rotatable bonds is 6. The van der Waals surface area contributed by atoms with Crippen LogP contribution in [0.2, 0.25) is 0 Å². The van der Waals surface area contributed by atoms with Crippen molar-refractivity contribution in [2.24, 2.45) is 0 Å². The Morgan fingerprint density at radius 1 is 1.35 bits per heavy atom. The van der Waals surface area contributed by atoms with Gasteiger partial charge < -0.3 is 9.88 Å². The van der Waals surface area contributed by atoms with E-state index in [0.29, 0.717) is 13.0 Å². The summed E-state index contributed by atoms with van der Waals surface area (Å²) in [6.45, 7) is 6.80. The Hall–Kier alpha value is -1.84. The molecular formula is C16H23N3O. The average molecular weight is 273 g/mol. The van der Waals surface area contributed by atoms with E-state index in [9.17, 15) is 4.79 Å². The van der Waals surface area contributed by atoms with Crippen LogP contribution in [-0.2, 0) is 17.8 Å². The van der Waals surface area contributed by atoms with E-state index in [1.54, 1.807) is 0 Å². The van der Waals surface area contributed by atoms with Crippen molar-refractivity contribution in [2.45, 2.75) is 52.6 Å². The molecule has 0 unspecified atom stereocenters. The molecule has 0 spiro atoms. The lowest BCUT2D eigenvalue weighted by molar-refractivity contribution is -0.121. The predicted molar refractivity (Wildman–Crippen MR) is 81.6 cm³/mol. The molecule has 20 heavy (non-hydrogen) atoms. The largest absolute Gasteiger partial charge is 0.354 e. The summed E-state index contributed by atoms with van der Waals surface area (Å²) in [4.78, 5) is 16.5. The molecule has 0 aliphatic carbocycles. The number of para-hydroxylation sites is 2. The molecule has 4 heteroatoms. The summed E-state index contributed by atoms with van der Waals surface area (Å²) in [6, 6.07) is 8.31. The summed E-state index contributed by atoms with van der Waals surface area (Å²) < 4.78 is 2.18. The summed E-state index contributed by atoms with van der Waals surface area (Å²) in [5, 5.41) is 2.93. The molecule has 0 saturated heterocycles. The lowest BCUT2D eigenvalue weighted by Gasteiger charge is -2.11. The topological polar surface area (TPSA) is 46.9 Å². The molecule has 0 saturated carbocycles. The second-order valence-electron chi connectivity index (χ2n) is 5.39. The van der Waals surface area contributed by atoms with Crippen LogP contribution in [0.25, 0.3) is 11.0 Å². The molecule has 0 bridgehead atoms. The summed E-state index contributed by atoms with van der Waals surface area (Å²) in [5.74, 6) is 1.17. The fourth-order valence-electron chi connectivity index (χ4n) is 2.40. The lowest BCUT2D eigenvalue weighted by atomic mass is 10.3. The molecule has 1 aromatic carbocycles. The third-order valence-electron chi connectivity index (χ3n) is 3.22. The quantitative estimate of drug-likeness (QED) is 0.879. The highest BCUT2D eigenvalue weighted by Gasteiger charge is 2.11. The maximum absolute atomic E-state index is 11.8. The van der Waals surface area contributed by atoms with E-state index in [0.717, 1.165) is 29.7 Å². The van der Waals surface area contributed by atoms with Crippen molar-refractivity contribution in [1.29, 1.82) is 0 Å². The normalized spacial score (nSPS) is 11.2. The highest BCUT2D eigenvalue weighted by molar-refractivity contribution is 5.78. The lowest BCUT2D eigenvalue weighted by Crippen LogP contribution is -2.30. The molecular weight excluding hydrogens is 250 g/mol. The van der Waals surface area contributed by atoms with Gasteiger partial charge in [-0.15, -0.1) is 0 Å². The number of imidazole rings is 1. The molecule has 1 aromatic heterocycles. The molecule has 1 N–H and O–H groups in total. The van der Waals surface area contributed by atoms with Gasteiger partial charge in [-0.1, -0.05) is 19.1 Å². The Balaban J connectivity index is 2.18. The van der Waals surface area contributed by atoms with Crippen LogP contribution in [-0.4, -0.2) is 21.5 Å². The van der Waals surface area contributed by atoms with E-state index in [1.807, 2.05) is 32.0 Å². The maximum atomic E-state index is 11.8. The molecule has 0 aliphatic rings. The third-order valence-corrected chi connectivity index (χ3v) is 3.22. The van der Waals surface area contributed by atoms with E-state index < -0.39 is 0 Å². The van der Waals surface area contributed by atoms with Crippen molar-refractivity contribution in [2.75, 3.05) is 0 Å². The number of carbonyl (C=O) groups excluding carboxylic acids is 1. The minimum absolute atomic E-state index is 0.0974. The fourth-order valence-corrected chi connectivity index (χ4v) is 2.40. The number of aromatic nitrogens is 2. The minimum atomic E-state index is 0.0974. The van der Waals surface area contributed by atoms with Crippen LogP contribution in [0.1, 0.15) is 39.4 Å². The zero-order valence-electron chi connectivity index (χ0n) is 12.5. The van der Waals surface area contributed by atoms with Gasteiger partial charge in [-0.2, -0.15) is 0 Å². The summed E-state index contributed by atoms with van der Waals surface area (Å²) in [6.07, 6.45) is 2.50. The van der Waals surface area contributed by atoms with Gasteiger partial charge in [-0.3, -0.25) is 4.79 Å². The second-order valence-corrected chi connectivity index (χ2v) is 5.39. The molecule has 2 aromatic rings. The zero-order valence-corrected chi connectivity index (χ0v) is 12.5. The predicted octanol–water partition coefficient (Wildman–Crippen LogP) is 2.90. The van der Waals surface area contributed by atoms with Crippen molar-refractivity contribution < 1.29 is 4.79 Å². The van der Waals surface area contributed by atoms with Crippen LogP contribution in [0.4, 0.5) is 0 Å².